The highest BCUT2D eigenvalue weighted by Gasteiger charge is 2.36. The maximum absolute atomic E-state index is 12.4. The minimum Gasteiger partial charge on any atom is -0.328 e. The number of benzene rings is 1. The quantitative estimate of drug-likeness (QED) is 0.714. The van der Waals surface area contributed by atoms with Crippen LogP contribution in [-0.4, -0.2) is 35.0 Å². The van der Waals surface area contributed by atoms with Crippen LogP contribution < -0.4 is 0 Å². The Balaban J connectivity index is 1.86. The standard InChI is InChI=1S/C15H15NO3/c17-11-5-6-13(14(18)9-11)16-8-7-10-3-1-2-4-12(10)15(16)19/h1-4,13H,5-9H2/t13-/m0/s1. The Labute approximate surface area is 111 Å². The van der Waals surface area contributed by atoms with Gasteiger partial charge in [-0.05, 0) is 24.5 Å². The van der Waals surface area contributed by atoms with E-state index in [1.165, 1.54) is 0 Å². The van der Waals surface area contributed by atoms with Gasteiger partial charge < -0.3 is 4.90 Å². The molecule has 2 aliphatic rings. The number of rotatable bonds is 1. The monoisotopic (exact) mass is 257 g/mol. The van der Waals surface area contributed by atoms with Gasteiger partial charge in [0, 0.05) is 18.5 Å². The highest BCUT2D eigenvalue weighted by atomic mass is 16.2. The first-order chi connectivity index (χ1) is 9.16. The zero-order valence-electron chi connectivity index (χ0n) is 10.6. The molecule has 98 valence electrons. The van der Waals surface area contributed by atoms with Crippen LogP contribution in [0.4, 0.5) is 0 Å². The molecule has 1 aliphatic carbocycles. The van der Waals surface area contributed by atoms with Gasteiger partial charge in [0.15, 0.2) is 5.78 Å². The molecule has 4 heteroatoms. The molecule has 3 rings (SSSR count). The van der Waals surface area contributed by atoms with E-state index in [9.17, 15) is 14.4 Å². The number of fused-ring (bicyclic) bond motifs is 1. The third-order valence-corrected chi connectivity index (χ3v) is 3.95. The van der Waals surface area contributed by atoms with Crippen molar-refractivity contribution >= 4 is 17.5 Å². The summed E-state index contributed by atoms with van der Waals surface area (Å²) in [6.45, 7) is 0.570. The summed E-state index contributed by atoms with van der Waals surface area (Å²) in [5.41, 5.74) is 1.74. The van der Waals surface area contributed by atoms with Crippen molar-refractivity contribution < 1.29 is 14.4 Å². The highest BCUT2D eigenvalue weighted by molar-refractivity contribution is 6.07. The van der Waals surface area contributed by atoms with E-state index in [1.54, 1.807) is 4.90 Å². The van der Waals surface area contributed by atoms with E-state index in [2.05, 4.69) is 0 Å². The van der Waals surface area contributed by atoms with E-state index in [4.69, 9.17) is 0 Å². The SMILES string of the molecule is O=C1CC[C@H](N2CCc3ccccc3C2=O)C(=O)C1. The molecule has 0 aromatic heterocycles. The fraction of sp³-hybridized carbons (Fsp3) is 0.400. The molecular formula is C15H15NO3. The van der Waals surface area contributed by atoms with E-state index < -0.39 is 6.04 Å². The van der Waals surface area contributed by atoms with Crippen molar-refractivity contribution in [2.75, 3.05) is 6.54 Å². The van der Waals surface area contributed by atoms with Gasteiger partial charge in [-0.25, -0.2) is 0 Å². The van der Waals surface area contributed by atoms with Gasteiger partial charge in [-0.3, -0.25) is 14.4 Å². The molecular weight excluding hydrogens is 242 g/mol. The van der Waals surface area contributed by atoms with Gasteiger partial charge in [0.2, 0.25) is 0 Å². The average molecular weight is 257 g/mol. The molecule has 0 bridgehead atoms. The van der Waals surface area contributed by atoms with Crippen LogP contribution in [0.3, 0.4) is 0 Å². The largest absolute Gasteiger partial charge is 0.328 e. The van der Waals surface area contributed by atoms with Crippen molar-refractivity contribution in [3.8, 4) is 0 Å². The second-order valence-electron chi connectivity index (χ2n) is 5.14. The number of amides is 1. The highest BCUT2D eigenvalue weighted by Crippen LogP contribution is 2.25. The third-order valence-electron chi connectivity index (χ3n) is 3.95. The van der Waals surface area contributed by atoms with Crippen LogP contribution in [0.25, 0.3) is 0 Å². The summed E-state index contributed by atoms with van der Waals surface area (Å²) < 4.78 is 0. The van der Waals surface area contributed by atoms with Crippen LogP contribution in [0.15, 0.2) is 24.3 Å². The van der Waals surface area contributed by atoms with Gasteiger partial charge in [0.1, 0.15) is 5.78 Å². The smallest absolute Gasteiger partial charge is 0.254 e. The molecule has 19 heavy (non-hydrogen) atoms. The van der Waals surface area contributed by atoms with E-state index in [0.29, 0.717) is 24.9 Å². The predicted octanol–water partition coefficient (Wildman–Crippen LogP) is 1.38. The molecule has 0 unspecified atom stereocenters. The molecule has 1 aromatic carbocycles. The number of nitrogens with zero attached hydrogens (tertiary/aromatic N) is 1. The summed E-state index contributed by atoms with van der Waals surface area (Å²) in [5, 5.41) is 0. The molecule has 1 atom stereocenters. The van der Waals surface area contributed by atoms with Crippen molar-refractivity contribution in [1.29, 1.82) is 0 Å². The van der Waals surface area contributed by atoms with Crippen LogP contribution >= 0.6 is 0 Å². The fourth-order valence-electron chi connectivity index (χ4n) is 2.93. The summed E-state index contributed by atoms with van der Waals surface area (Å²) >= 11 is 0. The van der Waals surface area contributed by atoms with Crippen molar-refractivity contribution in [2.45, 2.75) is 31.7 Å². The Morgan fingerprint density at radius 1 is 1.05 bits per heavy atom. The van der Waals surface area contributed by atoms with Crippen LogP contribution in [0.5, 0.6) is 0 Å². The normalized spacial score (nSPS) is 23.5. The van der Waals surface area contributed by atoms with Crippen LogP contribution in [0, 0.1) is 0 Å². The second kappa shape index (κ2) is 4.61. The van der Waals surface area contributed by atoms with Crippen LogP contribution in [0.1, 0.15) is 35.2 Å². The first kappa shape index (κ1) is 12.1. The zero-order valence-corrected chi connectivity index (χ0v) is 10.6. The van der Waals surface area contributed by atoms with E-state index >= 15 is 0 Å². The number of hydrogen-bond donors (Lipinski definition) is 0. The van der Waals surface area contributed by atoms with E-state index in [-0.39, 0.29) is 23.9 Å². The molecule has 1 saturated carbocycles. The third kappa shape index (κ3) is 2.07. The number of hydrogen-bond acceptors (Lipinski definition) is 3. The second-order valence-corrected chi connectivity index (χ2v) is 5.14. The molecule has 1 aromatic rings. The summed E-state index contributed by atoms with van der Waals surface area (Å²) in [6.07, 6.45) is 1.64. The number of carbonyl (C=O) groups excluding carboxylic acids is 3. The summed E-state index contributed by atoms with van der Waals surface area (Å²) in [4.78, 5) is 37.3. The Hall–Kier alpha value is -1.97. The maximum Gasteiger partial charge on any atom is 0.254 e. The van der Waals surface area contributed by atoms with Crippen molar-refractivity contribution in [3.63, 3.8) is 0 Å². The predicted molar refractivity (Wildman–Crippen MR) is 68.8 cm³/mol. The molecule has 1 aliphatic heterocycles. The van der Waals surface area contributed by atoms with Gasteiger partial charge in [0.05, 0.1) is 12.5 Å². The van der Waals surface area contributed by atoms with E-state index in [0.717, 1.165) is 12.0 Å². The summed E-state index contributed by atoms with van der Waals surface area (Å²) in [5.74, 6) is -0.190. The van der Waals surface area contributed by atoms with Gasteiger partial charge in [0.25, 0.3) is 5.91 Å². The molecule has 1 heterocycles. The van der Waals surface area contributed by atoms with Gasteiger partial charge in [-0.15, -0.1) is 0 Å². The number of carbonyl (C=O) groups is 3. The Kier molecular flexibility index (Phi) is 2.93. The summed E-state index contributed by atoms with van der Waals surface area (Å²) in [6, 6.07) is 7.12. The maximum atomic E-state index is 12.4. The lowest BCUT2D eigenvalue weighted by Crippen LogP contribution is -2.50. The molecule has 4 nitrogen and oxygen atoms in total. The van der Waals surface area contributed by atoms with Crippen molar-refractivity contribution in [1.82, 2.24) is 4.90 Å². The summed E-state index contributed by atoms with van der Waals surface area (Å²) in [7, 11) is 0. The minimum atomic E-state index is -0.404. The Bertz CT molecular complexity index is 564. The van der Waals surface area contributed by atoms with Crippen molar-refractivity contribution in [2.24, 2.45) is 0 Å². The fourth-order valence-corrected chi connectivity index (χ4v) is 2.93. The molecule has 0 N–H and O–H groups in total. The molecule has 1 amide bonds. The average Bonchev–Trinajstić information content (AvgIpc) is 2.41. The first-order valence-electron chi connectivity index (χ1n) is 6.60. The lowest BCUT2D eigenvalue weighted by molar-refractivity contribution is -0.133. The van der Waals surface area contributed by atoms with Gasteiger partial charge >= 0.3 is 0 Å². The van der Waals surface area contributed by atoms with Gasteiger partial charge in [-0.1, -0.05) is 18.2 Å². The number of ketones is 2. The minimum absolute atomic E-state index is 0.00823. The van der Waals surface area contributed by atoms with Gasteiger partial charge in [-0.2, -0.15) is 0 Å². The lowest BCUT2D eigenvalue weighted by atomic mass is 9.89. The first-order valence-corrected chi connectivity index (χ1v) is 6.60. The lowest BCUT2D eigenvalue weighted by Gasteiger charge is -2.36. The van der Waals surface area contributed by atoms with Crippen LogP contribution in [0.2, 0.25) is 0 Å². The zero-order chi connectivity index (χ0) is 13.4. The molecule has 0 spiro atoms. The number of Topliss-reactive ketones (excluding diaryl/α,β-unsaturated/α-hetero) is 2. The molecule has 1 fully saturated rings. The Morgan fingerprint density at radius 2 is 1.84 bits per heavy atom. The van der Waals surface area contributed by atoms with Crippen LogP contribution in [-0.2, 0) is 16.0 Å². The van der Waals surface area contributed by atoms with E-state index in [1.807, 2.05) is 24.3 Å². The van der Waals surface area contributed by atoms with Crippen molar-refractivity contribution in [3.05, 3.63) is 35.4 Å². The topological polar surface area (TPSA) is 54.5 Å². The molecule has 0 saturated heterocycles. The Morgan fingerprint density at radius 3 is 2.63 bits per heavy atom. The molecule has 0 radical (unpaired) electrons.